The second-order valence-corrected chi connectivity index (χ2v) is 7.97. The predicted octanol–water partition coefficient (Wildman–Crippen LogP) is 2.08. The first kappa shape index (κ1) is 18.2. The zero-order valence-corrected chi connectivity index (χ0v) is 14.6. The molecular formula is C18H32N2O3. The number of aliphatic hydroxyl groups excluding tert-OH is 1. The van der Waals surface area contributed by atoms with Crippen LogP contribution in [0.4, 0.5) is 0 Å². The number of amides is 2. The number of nitrogens with zero attached hydrogens (tertiary/aromatic N) is 1. The van der Waals surface area contributed by atoms with Crippen LogP contribution in [0.3, 0.4) is 0 Å². The van der Waals surface area contributed by atoms with E-state index in [0.29, 0.717) is 32.0 Å². The Morgan fingerprint density at radius 3 is 2.48 bits per heavy atom. The van der Waals surface area contributed by atoms with Gasteiger partial charge in [-0.2, -0.15) is 0 Å². The first-order valence-electron chi connectivity index (χ1n) is 9.11. The third-order valence-corrected chi connectivity index (χ3v) is 5.25. The van der Waals surface area contributed by atoms with Gasteiger partial charge in [-0.25, -0.2) is 0 Å². The summed E-state index contributed by atoms with van der Waals surface area (Å²) in [7, 11) is 0. The van der Waals surface area contributed by atoms with Crippen molar-refractivity contribution in [3.05, 3.63) is 0 Å². The molecule has 5 heteroatoms. The second kappa shape index (κ2) is 8.13. The summed E-state index contributed by atoms with van der Waals surface area (Å²) in [5.41, 5.74) is -0.304. The molecule has 1 saturated heterocycles. The summed E-state index contributed by atoms with van der Waals surface area (Å²) >= 11 is 0. The lowest BCUT2D eigenvalue weighted by Gasteiger charge is -2.38. The van der Waals surface area contributed by atoms with Gasteiger partial charge in [0.2, 0.25) is 11.8 Å². The van der Waals surface area contributed by atoms with Gasteiger partial charge < -0.3 is 15.3 Å². The molecule has 0 aromatic rings. The van der Waals surface area contributed by atoms with Crippen LogP contribution in [0.25, 0.3) is 0 Å². The molecule has 2 rings (SSSR count). The topological polar surface area (TPSA) is 69.6 Å². The van der Waals surface area contributed by atoms with E-state index in [-0.39, 0.29) is 29.8 Å². The Hall–Kier alpha value is -1.10. The van der Waals surface area contributed by atoms with Crippen LogP contribution in [-0.4, -0.2) is 47.6 Å². The van der Waals surface area contributed by atoms with Gasteiger partial charge in [-0.3, -0.25) is 9.59 Å². The fourth-order valence-corrected chi connectivity index (χ4v) is 3.53. The largest absolute Gasteiger partial charge is 0.396 e. The molecule has 1 aliphatic carbocycles. The van der Waals surface area contributed by atoms with Crippen LogP contribution in [-0.2, 0) is 9.59 Å². The minimum atomic E-state index is -0.304. The number of likely N-dealkylation sites (tertiary alicyclic amines) is 1. The SMILES string of the molecule is CC(C)(CO)CNC(=O)[C@H]1CCC(=O)N(C2CCCCCC2)C1. The molecule has 1 heterocycles. The van der Waals surface area contributed by atoms with E-state index in [0.717, 1.165) is 12.8 Å². The number of nitrogens with one attached hydrogen (secondary N) is 1. The molecule has 0 spiro atoms. The average Bonchev–Trinajstić information content (AvgIpc) is 2.82. The van der Waals surface area contributed by atoms with Gasteiger partial charge in [0.25, 0.3) is 0 Å². The van der Waals surface area contributed by atoms with E-state index < -0.39 is 0 Å². The maximum Gasteiger partial charge on any atom is 0.224 e. The maximum atomic E-state index is 12.4. The molecule has 132 valence electrons. The normalized spacial score (nSPS) is 24.4. The zero-order chi connectivity index (χ0) is 16.9. The fourth-order valence-electron chi connectivity index (χ4n) is 3.53. The van der Waals surface area contributed by atoms with Crippen molar-refractivity contribution in [3.8, 4) is 0 Å². The molecular weight excluding hydrogens is 292 g/mol. The van der Waals surface area contributed by atoms with Crippen molar-refractivity contribution < 1.29 is 14.7 Å². The lowest BCUT2D eigenvalue weighted by atomic mass is 9.92. The van der Waals surface area contributed by atoms with E-state index in [4.69, 9.17) is 0 Å². The highest BCUT2D eigenvalue weighted by molar-refractivity contribution is 5.84. The summed E-state index contributed by atoms with van der Waals surface area (Å²) in [6.07, 6.45) is 8.20. The zero-order valence-electron chi connectivity index (χ0n) is 14.6. The number of hydrogen-bond acceptors (Lipinski definition) is 3. The van der Waals surface area contributed by atoms with Crippen molar-refractivity contribution >= 4 is 11.8 Å². The molecule has 2 aliphatic rings. The van der Waals surface area contributed by atoms with Gasteiger partial charge in [0.15, 0.2) is 0 Å². The van der Waals surface area contributed by atoms with E-state index in [9.17, 15) is 14.7 Å². The van der Waals surface area contributed by atoms with E-state index in [1.807, 2.05) is 18.7 Å². The summed E-state index contributed by atoms with van der Waals surface area (Å²) in [5, 5.41) is 12.2. The van der Waals surface area contributed by atoms with Crippen molar-refractivity contribution in [2.45, 2.75) is 71.3 Å². The molecule has 23 heavy (non-hydrogen) atoms. The summed E-state index contributed by atoms with van der Waals surface area (Å²) in [6.45, 7) is 4.93. The van der Waals surface area contributed by atoms with Crippen LogP contribution in [0.2, 0.25) is 0 Å². The molecule has 5 nitrogen and oxygen atoms in total. The van der Waals surface area contributed by atoms with Gasteiger partial charge >= 0.3 is 0 Å². The smallest absolute Gasteiger partial charge is 0.224 e. The first-order valence-corrected chi connectivity index (χ1v) is 9.11. The minimum Gasteiger partial charge on any atom is -0.396 e. The first-order chi connectivity index (χ1) is 10.9. The van der Waals surface area contributed by atoms with Crippen LogP contribution in [0.5, 0.6) is 0 Å². The van der Waals surface area contributed by atoms with Crippen LogP contribution >= 0.6 is 0 Å². The molecule has 0 aromatic heterocycles. The quantitative estimate of drug-likeness (QED) is 0.761. The van der Waals surface area contributed by atoms with Gasteiger partial charge in [0, 0.05) is 37.6 Å². The number of carbonyl (C=O) groups is 2. The highest BCUT2D eigenvalue weighted by atomic mass is 16.3. The molecule has 2 amide bonds. The lowest BCUT2D eigenvalue weighted by molar-refractivity contribution is -0.141. The molecule has 0 unspecified atom stereocenters. The minimum absolute atomic E-state index is 0.0256. The highest BCUT2D eigenvalue weighted by Gasteiger charge is 2.34. The number of piperidine rings is 1. The summed E-state index contributed by atoms with van der Waals surface area (Å²) in [5.74, 6) is 0.139. The number of carbonyl (C=O) groups excluding carboxylic acids is 2. The molecule has 2 fully saturated rings. The van der Waals surface area contributed by atoms with Crippen LogP contribution in [0, 0.1) is 11.3 Å². The Morgan fingerprint density at radius 1 is 1.22 bits per heavy atom. The van der Waals surface area contributed by atoms with E-state index >= 15 is 0 Å². The van der Waals surface area contributed by atoms with Crippen molar-refractivity contribution in [2.24, 2.45) is 11.3 Å². The number of rotatable bonds is 5. The van der Waals surface area contributed by atoms with Gasteiger partial charge in [-0.15, -0.1) is 0 Å². The summed E-state index contributed by atoms with van der Waals surface area (Å²) in [4.78, 5) is 26.7. The van der Waals surface area contributed by atoms with Gasteiger partial charge in [0.05, 0.1) is 5.92 Å². The second-order valence-electron chi connectivity index (χ2n) is 7.97. The van der Waals surface area contributed by atoms with Crippen molar-refractivity contribution in [3.63, 3.8) is 0 Å². The lowest BCUT2D eigenvalue weighted by Crippen LogP contribution is -2.50. The van der Waals surface area contributed by atoms with Crippen molar-refractivity contribution in [2.75, 3.05) is 19.7 Å². The Bertz CT molecular complexity index is 414. The molecule has 1 atom stereocenters. The van der Waals surface area contributed by atoms with Gasteiger partial charge in [-0.05, 0) is 19.3 Å². The van der Waals surface area contributed by atoms with E-state index in [1.54, 1.807) is 0 Å². The molecule has 1 saturated carbocycles. The van der Waals surface area contributed by atoms with Crippen LogP contribution < -0.4 is 5.32 Å². The maximum absolute atomic E-state index is 12.4. The van der Waals surface area contributed by atoms with Gasteiger partial charge in [-0.1, -0.05) is 39.5 Å². The monoisotopic (exact) mass is 324 g/mol. The Morgan fingerprint density at radius 2 is 1.87 bits per heavy atom. The third-order valence-electron chi connectivity index (χ3n) is 5.25. The van der Waals surface area contributed by atoms with Gasteiger partial charge in [0.1, 0.15) is 0 Å². The molecule has 2 N–H and O–H groups in total. The Balaban J connectivity index is 1.91. The number of hydrogen-bond donors (Lipinski definition) is 2. The molecule has 1 aliphatic heterocycles. The standard InChI is InChI=1S/C18H32N2O3/c1-18(2,13-21)12-19-17(23)14-9-10-16(22)20(11-14)15-7-5-3-4-6-8-15/h14-15,21H,3-13H2,1-2H3,(H,19,23)/t14-/m0/s1. The summed E-state index contributed by atoms with van der Waals surface area (Å²) < 4.78 is 0. The van der Waals surface area contributed by atoms with E-state index in [2.05, 4.69) is 5.32 Å². The fraction of sp³-hybridized carbons (Fsp3) is 0.889. The van der Waals surface area contributed by atoms with E-state index in [1.165, 1.54) is 25.7 Å². The third kappa shape index (κ3) is 5.20. The average molecular weight is 324 g/mol. The number of aliphatic hydroxyl groups is 1. The Kier molecular flexibility index (Phi) is 6.45. The molecule has 0 radical (unpaired) electrons. The predicted molar refractivity (Wildman–Crippen MR) is 89.8 cm³/mol. The van der Waals surface area contributed by atoms with Crippen molar-refractivity contribution in [1.82, 2.24) is 10.2 Å². The molecule has 0 aromatic carbocycles. The van der Waals surface area contributed by atoms with Crippen LogP contribution in [0.1, 0.15) is 65.2 Å². The van der Waals surface area contributed by atoms with Crippen LogP contribution in [0.15, 0.2) is 0 Å². The Labute approximate surface area is 139 Å². The van der Waals surface area contributed by atoms with Crippen molar-refractivity contribution in [1.29, 1.82) is 0 Å². The highest BCUT2D eigenvalue weighted by Crippen LogP contribution is 2.27. The molecule has 0 bridgehead atoms. The summed E-state index contributed by atoms with van der Waals surface area (Å²) in [6, 6.07) is 0.328.